The lowest BCUT2D eigenvalue weighted by Gasteiger charge is -2.05. The van der Waals surface area contributed by atoms with Crippen LogP contribution in [0.4, 0.5) is 5.69 Å². The van der Waals surface area contributed by atoms with Crippen molar-refractivity contribution in [1.82, 2.24) is 4.98 Å². The maximum absolute atomic E-state index is 11.8. The third-order valence-corrected chi connectivity index (χ3v) is 2.54. The largest absolute Gasteiger partial charge is 0.396 e. The van der Waals surface area contributed by atoms with E-state index in [0.717, 1.165) is 11.3 Å². The number of carbonyl (C=O) groups is 1. The quantitative estimate of drug-likeness (QED) is 0.860. The van der Waals surface area contributed by atoms with Crippen LogP contribution in [0.2, 0.25) is 0 Å². The first kappa shape index (κ1) is 12.3. The van der Waals surface area contributed by atoms with Crippen molar-refractivity contribution in [1.29, 1.82) is 0 Å². The molecule has 1 heterocycles. The van der Waals surface area contributed by atoms with E-state index >= 15 is 0 Å². The number of nitrogens with zero attached hydrogens (tertiary/aromatic N) is 1. The van der Waals surface area contributed by atoms with Crippen molar-refractivity contribution in [3.8, 4) is 0 Å². The maximum Gasteiger partial charge on any atom is 0.257 e. The van der Waals surface area contributed by atoms with Crippen LogP contribution in [0.3, 0.4) is 0 Å². The molecule has 2 aromatic rings. The summed E-state index contributed by atoms with van der Waals surface area (Å²) in [5, 5.41) is 11.6. The molecule has 0 aliphatic rings. The summed E-state index contributed by atoms with van der Waals surface area (Å²) in [7, 11) is 0. The molecule has 4 nitrogen and oxygen atoms in total. The molecular weight excluding hydrogens is 228 g/mol. The van der Waals surface area contributed by atoms with E-state index in [0.29, 0.717) is 12.0 Å². The third kappa shape index (κ3) is 3.15. The van der Waals surface area contributed by atoms with Crippen LogP contribution >= 0.6 is 0 Å². The van der Waals surface area contributed by atoms with E-state index < -0.39 is 0 Å². The number of benzene rings is 1. The fraction of sp³-hybridized carbons (Fsp3) is 0.143. The Morgan fingerprint density at radius 2 is 2.00 bits per heavy atom. The summed E-state index contributed by atoms with van der Waals surface area (Å²) in [6, 6.07) is 10.8. The number of amides is 1. The minimum Gasteiger partial charge on any atom is -0.396 e. The van der Waals surface area contributed by atoms with Gasteiger partial charge in [-0.05, 0) is 36.2 Å². The minimum atomic E-state index is -0.182. The number of anilines is 1. The highest BCUT2D eigenvalue weighted by atomic mass is 16.2. The molecule has 92 valence electrons. The predicted octanol–water partition coefficient (Wildman–Crippen LogP) is 1.87. The van der Waals surface area contributed by atoms with Crippen LogP contribution in [0.5, 0.6) is 0 Å². The second-order valence-electron chi connectivity index (χ2n) is 3.87. The summed E-state index contributed by atoms with van der Waals surface area (Å²) in [6.07, 6.45) is 3.77. The smallest absolute Gasteiger partial charge is 0.257 e. The van der Waals surface area contributed by atoms with Gasteiger partial charge in [0.2, 0.25) is 0 Å². The van der Waals surface area contributed by atoms with E-state index in [1.807, 2.05) is 24.3 Å². The molecule has 0 unspecified atom stereocenters. The zero-order valence-corrected chi connectivity index (χ0v) is 9.84. The van der Waals surface area contributed by atoms with Crippen molar-refractivity contribution in [2.75, 3.05) is 11.9 Å². The Hall–Kier alpha value is -2.20. The van der Waals surface area contributed by atoms with Gasteiger partial charge in [0.25, 0.3) is 5.91 Å². The molecule has 2 rings (SSSR count). The van der Waals surface area contributed by atoms with Gasteiger partial charge in [-0.25, -0.2) is 0 Å². The van der Waals surface area contributed by atoms with Crippen molar-refractivity contribution in [2.24, 2.45) is 0 Å². The Morgan fingerprint density at radius 1 is 1.22 bits per heavy atom. The van der Waals surface area contributed by atoms with Crippen LogP contribution in [-0.2, 0) is 6.42 Å². The first-order valence-electron chi connectivity index (χ1n) is 5.71. The average Bonchev–Trinajstić information content (AvgIpc) is 2.42. The molecule has 0 fully saturated rings. The second kappa shape index (κ2) is 5.93. The van der Waals surface area contributed by atoms with Crippen molar-refractivity contribution in [3.63, 3.8) is 0 Å². The predicted molar refractivity (Wildman–Crippen MR) is 69.4 cm³/mol. The molecule has 0 aliphatic carbocycles. The fourth-order valence-electron chi connectivity index (χ4n) is 1.58. The lowest BCUT2D eigenvalue weighted by atomic mass is 10.1. The van der Waals surface area contributed by atoms with Gasteiger partial charge in [-0.1, -0.05) is 12.1 Å². The number of pyridine rings is 1. The number of aliphatic hydroxyl groups is 1. The Labute approximate surface area is 105 Å². The molecular formula is C14H14N2O2. The van der Waals surface area contributed by atoms with Gasteiger partial charge in [-0.15, -0.1) is 0 Å². The third-order valence-electron chi connectivity index (χ3n) is 2.54. The number of nitrogens with one attached hydrogen (secondary N) is 1. The SMILES string of the molecule is O=C(Nc1ccc(CCO)cc1)c1cccnc1. The molecule has 0 radical (unpaired) electrons. The summed E-state index contributed by atoms with van der Waals surface area (Å²) in [4.78, 5) is 15.7. The van der Waals surface area contributed by atoms with E-state index in [1.54, 1.807) is 18.3 Å². The molecule has 0 atom stereocenters. The standard InChI is InChI=1S/C14H14N2O2/c17-9-7-11-3-5-13(6-4-11)16-14(18)12-2-1-8-15-10-12/h1-6,8,10,17H,7,9H2,(H,16,18). The molecule has 0 saturated heterocycles. The summed E-state index contributed by atoms with van der Waals surface area (Å²) >= 11 is 0. The normalized spacial score (nSPS) is 10.1. The highest BCUT2D eigenvalue weighted by Crippen LogP contribution is 2.11. The van der Waals surface area contributed by atoms with E-state index in [9.17, 15) is 4.79 Å². The molecule has 2 N–H and O–H groups in total. The molecule has 0 bridgehead atoms. The highest BCUT2D eigenvalue weighted by molar-refractivity contribution is 6.03. The van der Waals surface area contributed by atoms with Crippen LogP contribution in [0.25, 0.3) is 0 Å². The van der Waals surface area contributed by atoms with Crippen LogP contribution in [0.1, 0.15) is 15.9 Å². The molecule has 0 aliphatic heterocycles. The van der Waals surface area contributed by atoms with E-state index in [2.05, 4.69) is 10.3 Å². The summed E-state index contributed by atoms with van der Waals surface area (Å²) < 4.78 is 0. The summed E-state index contributed by atoms with van der Waals surface area (Å²) in [5.74, 6) is -0.182. The Morgan fingerprint density at radius 3 is 2.61 bits per heavy atom. The van der Waals surface area contributed by atoms with Crippen LogP contribution in [-0.4, -0.2) is 22.6 Å². The Bertz CT molecular complexity index is 509. The van der Waals surface area contributed by atoms with Crippen molar-refractivity contribution < 1.29 is 9.90 Å². The molecule has 0 spiro atoms. The van der Waals surface area contributed by atoms with Gasteiger partial charge in [-0.2, -0.15) is 0 Å². The van der Waals surface area contributed by atoms with Crippen molar-refractivity contribution >= 4 is 11.6 Å². The second-order valence-corrected chi connectivity index (χ2v) is 3.87. The van der Waals surface area contributed by atoms with Gasteiger partial charge in [0.05, 0.1) is 5.56 Å². The van der Waals surface area contributed by atoms with Crippen LogP contribution in [0.15, 0.2) is 48.8 Å². The molecule has 1 aromatic carbocycles. The number of carbonyl (C=O) groups excluding carboxylic acids is 1. The summed E-state index contributed by atoms with van der Waals surface area (Å²) in [5.41, 5.74) is 2.29. The molecule has 0 saturated carbocycles. The lowest BCUT2D eigenvalue weighted by Crippen LogP contribution is -2.11. The number of hydrogen-bond acceptors (Lipinski definition) is 3. The number of aliphatic hydroxyl groups excluding tert-OH is 1. The highest BCUT2D eigenvalue weighted by Gasteiger charge is 2.05. The molecule has 4 heteroatoms. The lowest BCUT2D eigenvalue weighted by molar-refractivity contribution is 0.102. The fourth-order valence-corrected chi connectivity index (χ4v) is 1.58. The van der Waals surface area contributed by atoms with E-state index in [4.69, 9.17) is 5.11 Å². The van der Waals surface area contributed by atoms with Gasteiger partial charge in [0, 0.05) is 24.7 Å². The average molecular weight is 242 g/mol. The Kier molecular flexibility index (Phi) is 4.04. The van der Waals surface area contributed by atoms with Crippen LogP contribution < -0.4 is 5.32 Å². The first-order valence-corrected chi connectivity index (χ1v) is 5.71. The molecule has 1 amide bonds. The van der Waals surface area contributed by atoms with Gasteiger partial charge in [0.1, 0.15) is 0 Å². The van der Waals surface area contributed by atoms with Crippen molar-refractivity contribution in [2.45, 2.75) is 6.42 Å². The van der Waals surface area contributed by atoms with Gasteiger partial charge >= 0.3 is 0 Å². The van der Waals surface area contributed by atoms with E-state index in [1.165, 1.54) is 6.20 Å². The van der Waals surface area contributed by atoms with Gasteiger partial charge in [-0.3, -0.25) is 9.78 Å². The molecule has 18 heavy (non-hydrogen) atoms. The maximum atomic E-state index is 11.8. The Balaban J connectivity index is 2.03. The number of aromatic nitrogens is 1. The van der Waals surface area contributed by atoms with Crippen LogP contribution in [0, 0.1) is 0 Å². The van der Waals surface area contributed by atoms with Gasteiger partial charge < -0.3 is 10.4 Å². The summed E-state index contributed by atoms with van der Waals surface area (Å²) in [6.45, 7) is 0.126. The van der Waals surface area contributed by atoms with Crippen molar-refractivity contribution in [3.05, 3.63) is 59.9 Å². The van der Waals surface area contributed by atoms with E-state index in [-0.39, 0.29) is 12.5 Å². The zero-order chi connectivity index (χ0) is 12.8. The zero-order valence-electron chi connectivity index (χ0n) is 9.84. The minimum absolute atomic E-state index is 0.126. The topological polar surface area (TPSA) is 62.2 Å². The number of rotatable bonds is 4. The molecule has 1 aromatic heterocycles. The van der Waals surface area contributed by atoms with Gasteiger partial charge in [0.15, 0.2) is 0 Å². The number of hydrogen-bond donors (Lipinski definition) is 2. The monoisotopic (exact) mass is 242 g/mol. The first-order chi connectivity index (χ1) is 8.79.